The molecule has 0 saturated carbocycles. The van der Waals surface area contributed by atoms with E-state index in [-0.39, 0.29) is 0 Å². The van der Waals surface area contributed by atoms with E-state index in [2.05, 4.69) is 87.3 Å². The molecule has 21 heavy (non-hydrogen) atoms. The molecule has 0 spiro atoms. The molecule has 2 rings (SSSR count). The minimum absolute atomic E-state index is 1.37. The van der Waals surface area contributed by atoms with Gasteiger partial charge in [0, 0.05) is 0 Å². The summed E-state index contributed by atoms with van der Waals surface area (Å²) in [5.41, 5.74) is 0. The second-order valence-corrected chi connectivity index (χ2v) is 36.6. The summed E-state index contributed by atoms with van der Waals surface area (Å²) >= 11 is 14.4. The van der Waals surface area contributed by atoms with Crippen LogP contribution in [0.3, 0.4) is 0 Å². The van der Waals surface area contributed by atoms with E-state index in [4.69, 9.17) is 22.5 Å². The minimum atomic E-state index is -2.42. The van der Waals surface area contributed by atoms with Gasteiger partial charge in [-0.25, -0.2) is 0 Å². The zero-order chi connectivity index (χ0) is 15.7. The molecule has 0 atom stereocenters. The van der Waals surface area contributed by atoms with Crippen molar-refractivity contribution in [3.8, 4) is 0 Å². The van der Waals surface area contributed by atoms with Gasteiger partial charge in [0.2, 0.25) is 0 Å². The summed E-state index contributed by atoms with van der Waals surface area (Å²) in [6.45, 7) is 5.57. The first-order chi connectivity index (χ1) is 9.71. The van der Waals surface area contributed by atoms with Gasteiger partial charge in [-0.3, -0.25) is 0 Å². The van der Waals surface area contributed by atoms with Crippen LogP contribution in [0.2, 0.25) is 0 Å². The molecule has 0 fully saturated rings. The van der Waals surface area contributed by atoms with Crippen LogP contribution in [0.5, 0.6) is 0 Å². The maximum atomic E-state index is 7.22. The molecule has 5 heteroatoms. The van der Waals surface area contributed by atoms with Crippen molar-refractivity contribution in [1.82, 2.24) is 0 Å². The molecule has 0 aliphatic rings. The molecule has 0 unspecified atom stereocenters. The fourth-order valence-electron chi connectivity index (χ4n) is 2.85. The average molecular weight is 381 g/mol. The van der Waals surface area contributed by atoms with Gasteiger partial charge in [-0.2, -0.15) is 0 Å². The van der Waals surface area contributed by atoms with Crippen molar-refractivity contribution in [3.63, 3.8) is 0 Å². The van der Waals surface area contributed by atoms with E-state index in [1.54, 1.807) is 0 Å². The quantitative estimate of drug-likeness (QED) is 0.610. The molecular weight excluding hydrogens is 356 g/mol. The van der Waals surface area contributed by atoms with Crippen LogP contribution in [0.25, 0.3) is 0 Å². The first-order valence-corrected chi connectivity index (χ1v) is 19.2. The van der Waals surface area contributed by atoms with E-state index in [0.29, 0.717) is 0 Å². The number of hydrogen-bond acceptors (Lipinski definition) is 0. The van der Waals surface area contributed by atoms with Crippen molar-refractivity contribution in [2.75, 3.05) is 26.7 Å². The third-order valence-corrected chi connectivity index (χ3v) is 50.7. The summed E-state index contributed by atoms with van der Waals surface area (Å²) in [4.78, 5) is 0. The van der Waals surface area contributed by atoms with Gasteiger partial charge >= 0.3 is 140 Å². The van der Waals surface area contributed by atoms with Crippen LogP contribution in [0.4, 0.5) is 0 Å². The van der Waals surface area contributed by atoms with Gasteiger partial charge in [0.05, 0.1) is 0 Å². The predicted molar refractivity (Wildman–Crippen MR) is 112 cm³/mol. The number of hydrogen-bond donors (Lipinski definition) is 0. The molecule has 0 bridgehead atoms. The van der Waals surface area contributed by atoms with Gasteiger partial charge in [0.1, 0.15) is 0 Å². The van der Waals surface area contributed by atoms with E-state index >= 15 is 0 Å². The van der Waals surface area contributed by atoms with E-state index in [1.807, 2.05) is 0 Å². The molecule has 2 aromatic rings. The van der Waals surface area contributed by atoms with Crippen LogP contribution in [-0.2, 0) is 0 Å². The second-order valence-electron chi connectivity index (χ2n) is 6.56. The Hall–Kier alpha value is 0.310. The second kappa shape index (κ2) is 6.43. The van der Waals surface area contributed by atoms with Crippen molar-refractivity contribution in [1.29, 1.82) is 0 Å². The van der Waals surface area contributed by atoms with E-state index in [9.17, 15) is 0 Å². The number of benzene rings is 2. The third-order valence-electron chi connectivity index (χ3n) is 4.56. The zero-order valence-corrected chi connectivity index (χ0v) is 17.5. The van der Waals surface area contributed by atoms with Gasteiger partial charge < -0.3 is 0 Å². The van der Waals surface area contributed by atoms with Crippen molar-refractivity contribution >= 4 is 52.3 Å². The molecule has 0 N–H and O–H groups in total. The first kappa shape index (κ1) is 17.7. The molecule has 0 amide bonds. The Balaban J connectivity index is 2.50. The molecule has 0 aliphatic carbocycles. The molecule has 0 aliphatic heterocycles. The number of halogens is 2. The standard InChI is InChI=1S/C16H25Cl2P3/c1-19(2,15-11-7-5-8-12-15)21(17,18)20(3,4)16-13-9-6-10-14-16/h5-14,19-21H,1-4H3. The topological polar surface area (TPSA) is 0 Å². The summed E-state index contributed by atoms with van der Waals surface area (Å²) < 4.78 is 0. The van der Waals surface area contributed by atoms with Gasteiger partial charge in [-0.05, 0) is 0 Å². The zero-order valence-electron chi connectivity index (χ0n) is 13.0. The normalized spacial score (nSPS) is 15.5. The van der Waals surface area contributed by atoms with Crippen LogP contribution in [-0.4, -0.2) is 26.7 Å². The Kier molecular flexibility index (Phi) is 5.41. The number of rotatable bonds is 4. The molecule has 0 saturated heterocycles. The summed E-state index contributed by atoms with van der Waals surface area (Å²) in [7, 11) is 0. The molecule has 0 radical (unpaired) electrons. The van der Waals surface area contributed by atoms with Crippen LogP contribution in [0.1, 0.15) is 0 Å². The fourth-order valence-corrected chi connectivity index (χ4v) is 35.6. The molecule has 0 heterocycles. The van der Waals surface area contributed by atoms with Crippen molar-refractivity contribution in [2.24, 2.45) is 0 Å². The van der Waals surface area contributed by atoms with Crippen molar-refractivity contribution in [2.45, 2.75) is 0 Å². The average Bonchev–Trinajstić information content (AvgIpc) is 2.48. The van der Waals surface area contributed by atoms with Gasteiger partial charge in [0.25, 0.3) is 0 Å². The van der Waals surface area contributed by atoms with Crippen LogP contribution < -0.4 is 10.6 Å². The van der Waals surface area contributed by atoms with Crippen molar-refractivity contribution < 1.29 is 0 Å². The monoisotopic (exact) mass is 380 g/mol. The van der Waals surface area contributed by atoms with E-state index < -0.39 is 19.2 Å². The Morgan fingerprint density at radius 3 is 1.14 bits per heavy atom. The van der Waals surface area contributed by atoms with Gasteiger partial charge in [0.15, 0.2) is 0 Å². The van der Waals surface area contributed by atoms with Crippen LogP contribution in [0.15, 0.2) is 60.7 Å². The predicted octanol–water partition coefficient (Wildman–Crippen LogP) is 5.54. The molecule has 2 aromatic carbocycles. The molecule has 0 nitrogen and oxygen atoms in total. The third kappa shape index (κ3) is 3.17. The Labute approximate surface area is 139 Å². The Morgan fingerprint density at radius 2 is 0.857 bits per heavy atom. The fraction of sp³-hybridized carbons (Fsp3) is 0.250. The van der Waals surface area contributed by atoms with Crippen LogP contribution >= 0.6 is 41.7 Å². The Morgan fingerprint density at radius 1 is 0.571 bits per heavy atom. The van der Waals surface area contributed by atoms with Crippen molar-refractivity contribution in [3.05, 3.63) is 60.7 Å². The summed E-state index contributed by atoms with van der Waals surface area (Å²) in [6, 6.07) is 21.3. The SMILES string of the molecule is C[PH](C)(c1ccccc1)[PH](Cl)(Cl)[PH](C)(C)c1ccccc1. The summed E-state index contributed by atoms with van der Waals surface area (Å²) in [6.07, 6.45) is 0. The molecule has 118 valence electrons. The Bertz CT molecular complexity index is 542. The van der Waals surface area contributed by atoms with Gasteiger partial charge in [-0.1, -0.05) is 0 Å². The maximum absolute atomic E-state index is 7.22. The molecule has 0 aromatic heterocycles. The molecular formula is C16H25Cl2P3. The van der Waals surface area contributed by atoms with Crippen LogP contribution in [0, 0.1) is 0 Å². The van der Waals surface area contributed by atoms with E-state index in [0.717, 1.165) is 0 Å². The summed E-state index contributed by atoms with van der Waals surface area (Å²) in [5, 5.41) is 0.329. The van der Waals surface area contributed by atoms with Gasteiger partial charge in [-0.15, -0.1) is 0 Å². The first-order valence-electron chi connectivity index (χ1n) is 7.20. The van der Waals surface area contributed by atoms with E-state index in [1.165, 1.54) is 10.6 Å². The summed E-state index contributed by atoms with van der Waals surface area (Å²) in [5.74, 6) is 0.